The summed E-state index contributed by atoms with van der Waals surface area (Å²) < 4.78 is 0. The Bertz CT molecular complexity index is 584. The molecule has 1 aliphatic heterocycles. The lowest BCUT2D eigenvalue weighted by Crippen LogP contribution is -3.13. The number of piperazine rings is 1. The van der Waals surface area contributed by atoms with Gasteiger partial charge in [0, 0.05) is 16.9 Å². The lowest BCUT2D eigenvalue weighted by Gasteiger charge is -2.33. The molecule has 3 nitrogen and oxygen atoms in total. The van der Waals surface area contributed by atoms with Gasteiger partial charge in [-0.25, -0.2) is 0 Å². The molecule has 110 valence electrons. The third kappa shape index (κ3) is 3.56. The van der Waals surface area contributed by atoms with Gasteiger partial charge in [0.15, 0.2) is 0 Å². The van der Waals surface area contributed by atoms with E-state index < -0.39 is 0 Å². The van der Waals surface area contributed by atoms with Gasteiger partial charge in [-0.2, -0.15) is 0 Å². The molecule has 0 aliphatic carbocycles. The third-order valence-corrected chi connectivity index (χ3v) is 4.27. The molecule has 0 amide bonds. The summed E-state index contributed by atoms with van der Waals surface area (Å²) in [4.78, 5) is 4.13. The molecule has 2 aromatic rings. The zero-order valence-corrected chi connectivity index (χ0v) is 12.7. The van der Waals surface area contributed by atoms with Crippen LogP contribution in [0, 0.1) is 6.92 Å². The molecule has 3 rings (SSSR count). The molecule has 1 saturated heterocycles. The molecule has 3 N–H and O–H groups in total. The highest BCUT2D eigenvalue weighted by molar-refractivity contribution is 5.53. The smallest absolute Gasteiger partial charge is 0.103 e. The highest BCUT2D eigenvalue weighted by Crippen LogP contribution is 2.16. The van der Waals surface area contributed by atoms with Crippen molar-refractivity contribution in [2.24, 2.45) is 0 Å². The van der Waals surface area contributed by atoms with Crippen molar-refractivity contribution in [2.45, 2.75) is 13.5 Å². The first-order valence-electron chi connectivity index (χ1n) is 7.70. The number of quaternary nitrogens is 1. The van der Waals surface area contributed by atoms with Gasteiger partial charge in [0.25, 0.3) is 0 Å². The summed E-state index contributed by atoms with van der Waals surface area (Å²) in [6, 6.07) is 17.1. The van der Waals surface area contributed by atoms with Crippen LogP contribution in [0.3, 0.4) is 0 Å². The van der Waals surface area contributed by atoms with E-state index in [1.165, 1.54) is 29.9 Å². The predicted octanol–water partition coefficient (Wildman–Crippen LogP) is 1.48. The van der Waals surface area contributed by atoms with Crippen molar-refractivity contribution < 1.29 is 4.90 Å². The minimum atomic E-state index is 0.836. The Morgan fingerprint density at radius 1 is 1.05 bits per heavy atom. The molecule has 0 atom stereocenters. The van der Waals surface area contributed by atoms with Crippen molar-refractivity contribution >= 4 is 11.4 Å². The number of nitrogen functional groups attached to an aromatic ring is 1. The van der Waals surface area contributed by atoms with Gasteiger partial charge in [0.05, 0.1) is 26.2 Å². The SMILES string of the molecule is Cc1cccc(C[NH+]2CCN(c3ccc(N)cc3)CC2)c1. The van der Waals surface area contributed by atoms with Crippen molar-refractivity contribution in [3.63, 3.8) is 0 Å². The third-order valence-electron chi connectivity index (χ3n) is 4.27. The molecule has 0 unspecified atom stereocenters. The summed E-state index contributed by atoms with van der Waals surface area (Å²) in [6.45, 7) is 7.92. The average molecular weight is 282 g/mol. The maximum absolute atomic E-state index is 5.75. The average Bonchev–Trinajstić information content (AvgIpc) is 2.49. The number of nitrogens with two attached hydrogens (primary N) is 1. The Balaban J connectivity index is 1.56. The highest BCUT2D eigenvalue weighted by atomic mass is 15.3. The maximum Gasteiger partial charge on any atom is 0.103 e. The Kier molecular flexibility index (Phi) is 4.11. The van der Waals surface area contributed by atoms with Crippen molar-refractivity contribution in [3.05, 3.63) is 59.7 Å². The van der Waals surface area contributed by atoms with Crippen molar-refractivity contribution in [2.75, 3.05) is 36.8 Å². The van der Waals surface area contributed by atoms with Crippen LogP contribution in [0.1, 0.15) is 11.1 Å². The zero-order valence-electron chi connectivity index (χ0n) is 12.7. The molecule has 0 aromatic heterocycles. The van der Waals surface area contributed by atoms with E-state index in [1.54, 1.807) is 4.90 Å². The first kappa shape index (κ1) is 14.0. The summed E-state index contributed by atoms with van der Waals surface area (Å²) in [6.07, 6.45) is 0. The minimum Gasteiger partial charge on any atom is -0.399 e. The van der Waals surface area contributed by atoms with E-state index in [2.05, 4.69) is 48.2 Å². The van der Waals surface area contributed by atoms with Gasteiger partial charge in [-0.15, -0.1) is 0 Å². The topological polar surface area (TPSA) is 33.7 Å². The highest BCUT2D eigenvalue weighted by Gasteiger charge is 2.20. The van der Waals surface area contributed by atoms with E-state index in [1.807, 2.05) is 12.1 Å². The molecule has 0 bridgehead atoms. The molecular formula is C18H24N3+. The van der Waals surface area contributed by atoms with E-state index in [4.69, 9.17) is 5.73 Å². The van der Waals surface area contributed by atoms with Crippen LogP contribution >= 0.6 is 0 Å². The van der Waals surface area contributed by atoms with Crippen LogP contribution in [0.5, 0.6) is 0 Å². The van der Waals surface area contributed by atoms with Gasteiger partial charge < -0.3 is 15.5 Å². The number of rotatable bonds is 3. The van der Waals surface area contributed by atoms with Crippen LogP contribution in [-0.2, 0) is 6.54 Å². The second-order valence-electron chi connectivity index (χ2n) is 5.99. The monoisotopic (exact) mass is 282 g/mol. The van der Waals surface area contributed by atoms with Gasteiger partial charge in [-0.05, 0) is 31.2 Å². The quantitative estimate of drug-likeness (QED) is 0.836. The minimum absolute atomic E-state index is 0.836. The number of hydrogen-bond acceptors (Lipinski definition) is 2. The van der Waals surface area contributed by atoms with Crippen LogP contribution < -0.4 is 15.5 Å². The molecule has 0 radical (unpaired) electrons. The number of aryl methyl sites for hydroxylation is 1. The number of anilines is 2. The van der Waals surface area contributed by atoms with Crippen molar-refractivity contribution in [1.82, 2.24) is 0 Å². The van der Waals surface area contributed by atoms with E-state index in [-0.39, 0.29) is 0 Å². The maximum atomic E-state index is 5.75. The van der Waals surface area contributed by atoms with Crippen LogP contribution in [0.4, 0.5) is 11.4 Å². The van der Waals surface area contributed by atoms with Crippen molar-refractivity contribution in [1.29, 1.82) is 0 Å². The number of nitrogens with zero attached hydrogens (tertiary/aromatic N) is 1. The van der Waals surface area contributed by atoms with Crippen molar-refractivity contribution in [3.8, 4) is 0 Å². The fourth-order valence-corrected chi connectivity index (χ4v) is 3.05. The van der Waals surface area contributed by atoms with Gasteiger partial charge in [0.2, 0.25) is 0 Å². The largest absolute Gasteiger partial charge is 0.399 e. The normalized spacial score (nSPS) is 16.1. The molecule has 1 fully saturated rings. The molecule has 1 aliphatic rings. The second-order valence-corrected chi connectivity index (χ2v) is 5.99. The Morgan fingerprint density at radius 3 is 2.43 bits per heavy atom. The number of benzene rings is 2. The van der Waals surface area contributed by atoms with E-state index in [0.717, 1.165) is 25.3 Å². The van der Waals surface area contributed by atoms with Gasteiger partial charge in [-0.3, -0.25) is 0 Å². The van der Waals surface area contributed by atoms with Crippen LogP contribution in [0.15, 0.2) is 48.5 Å². The summed E-state index contributed by atoms with van der Waals surface area (Å²) >= 11 is 0. The Labute approximate surface area is 127 Å². The predicted molar refractivity (Wildman–Crippen MR) is 88.6 cm³/mol. The Hall–Kier alpha value is -2.00. The zero-order chi connectivity index (χ0) is 14.7. The first-order valence-corrected chi connectivity index (χ1v) is 7.70. The Morgan fingerprint density at radius 2 is 1.76 bits per heavy atom. The first-order chi connectivity index (χ1) is 10.2. The lowest BCUT2D eigenvalue weighted by atomic mass is 10.1. The van der Waals surface area contributed by atoms with Gasteiger partial charge in [0.1, 0.15) is 6.54 Å². The summed E-state index contributed by atoms with van der Waals surface area (Å²) in [7, 11) is 0. The summed E-state index contributed by atoms with van der Waals surface area (Å²) in [5, 5.41) is 0. The molecule has 2 aromatic carbocycles. The standard InChI is InChI=1S/C18H23N3/c1-15-3-2-4-16(13-15)14-20-9-11-21(12-10-20)18-7-5-17(19)6-8-18/h2-8,13H,9-12,14,19H2,1H3/p+1. The lowest BCUT2D eigenvalue weighted by molar-refractivity contribution is -0.914. The van der Waals surface area contributed by atoms with Gasteiger partial charge in [-0.1, -0.05) is 29.8 Å². The molecule has 1 heterocycles. The van der Waals surface area contributed by atoms with Crippen LogP contribution in [0.2, 0.25) is 0 Å². The fraction of sp³-hybridized carbons (Fsp3) is 0.333. The van der Waals surface area contributed by atoms with Crippen LogP contribution in [0.25, 0.3) is 0 Å². The second kappa shape index (κ2) is 6.19. The van der Waals surface area contributed by atoms with E-state index >= 15 is 0 Å². The molecule has 0 saturated carbocycles. The van der Waals surface area contributed by atoms with Gasteiger partial charge >= 0.3 is 0 Å². The molecule has 21 heavy (non-hydrogen) atoms. The van der Waals surface area contributed by atoms with E-state index in [0.29, 0.717) is 0 Å². The number of hydrogen-bond donors (Lipinski definition) is 2. The number of nitrogens with one attached hydrogen (secondary N) is 1. The summed E-state index contributed by atoms with van der Waals surface area (Å²) in [5.41, 5.74) is 10.7. The summed E-state index contributed by atoms with van der Waals surface area (Å²) in [5.74, 6) is 0. The van der Waals surface area contributed by atoms with E-state index in [9.17, 15) is 0 Å². The molecule has 3 heteroatoms. The molecule has 0 spiro atoms. The molecular weight excluding hydrogens is 258 g/mol. The fourth-order valence-electron chi connectivity index (χ4n) is 3.05. The van der Waals surface area contributed by atoms with Crippen LogP contribution in [-0.4, -0.2) is 26.2 Å².